The second-order valence-corrected chi connectivity index (χ2v) is 10.1. The van der Waals surface area contributed by atoms with Crippen LogP contribution in [0, 0.1) is 5.92 Å². The second-order valence-electron chi connectivity index (χ2n) is 6.06. The van der Waals surface area contributed by atoms with Gasteiger partial charge in [0.25, 0.3) is 0 Å². The van der Waals surface area contributed by atoms with E-state index in [1.807, 2.05) is 0 Å². The van der Waals surface area contributed by atoms with E-state index in [1.165, 1.54) is 0 Å². The van der Waals surface area contributed by atoms with Gasteiger partial charge in [-0.05, 0) is 31.6 Å². The van der Waals surface area contributed by atoms with Gasteiger partial charge in [0.2, 0.25) is 0 Å². The van der Waals surface area contributed by atoms with Crippen molar-refractivity contribution in [1.82, 2.24) is 0 Å². The van der Waals surface area contributed by atoms with Gasteiger partial charge in [-0.25, -0.2) is 0 Å². The van der Waals surface area contributed by atoms with Crippen LogP contribution in [-0.4, -0.2) is 56.6 Å². The molecule has 9 heteroatoms. The molecule has 0 unspecified atom stereocenters. The van der Waals surface area contributed by atoms with E-state index in [2.05, 4.69) is 14.1 Å². The van der Waals surface area contributed by atoms with E-state index >= 15 is 0 Å². The first-order chi connectivity index (χ1) is 8.42. The van der Waals surface area contributed by atoms with Crippen LogP contribution in [0.5, 0.6) is 0 Å². The Morgan fingerprint density at radius 1 is 1.05 bits per heavy atom. The van der Waals surface area contributed by atoms with E-state index in [4.69, 9.17) is 19.6 Å². The van der Waals surface area contributed by atoms with Crippen LogP contribution in [0.15, 0.2) is 0 Å². The summed E-state index contributed by atoms with van der Waals surface area (Å²) < 4.78 is 23.2. The number of quaternary nitrogens is 1. The van der Waals surface area contributed by atoms with Crippen molar-refractivity contribution >= 4 is 15.2 Å². The van der Waals surface area contributed by atoms with Crippen molar-refractivity contribution in [3.05, 3.63) is 0 Å². The first-order valence-corrected chi connectivity index (χ1v) is 9.70. The zero-order valence-corrected chi connectivity index (χ0v) is 13.1. The maximum Gasteiger partial charge on any atom is 0.340 e. The molecule has 4 N–H and O–H groups in total. The van der Waals surface area contributed by atoms with Crippen molar-refractivity contribution < 1.29 is 33.2 Å². The lowest BCUT2D eigenvalue weighted by atomic mass is 9.92. The van der Waals surface area contributed by atoms with Crippen molar-refractivity contribution in [3.63, 3.8) is 0 Å². The molecule has 1 aliphatic rings. The molecule has 0 spiro atoms. The molecule has 0 aromatic rings. The van der Waals surface area contributed by atoms with Gasteiger partial charge in [-0.15, -0.1) is 0 Å². The summed E-state index contributed by atoms with van der Waals surface area (Å²) in [6.45, 7) is 1.97. The summed E-state index contributed by atoms with van der Waals surface area (Å²) in [4.78, 5) is 36.2. The summed E-state index contributed by atoms with van der Waals surface area (Å²) in [5, 5.41) is -1.84. The number of hydrogen-bond acceptors (Lipinski definition) is 2. The van der Waals surface area contributed by atoms with Crippen molar-refractivity contribution in [2.45, 2.75) is 31.1 Å². The maximum atomic E-state index is 11.2. The molecule has 114 valence electrons. The first kappa shape index (κ1) is 17.3. The predicted octanol–water partition coefficient (Wildman–Crippen LogP) is 0.934. The highest BCUT2D eigenvalue weighted by atomic mass is 31.2. The van der Waals surface area contributed by atoms with Crippen LogP contribution >= 0.6 is 15.2 Å². The Morgan fingerprint density at radius 2 is 1.47 bits per heavy atom. The highest BCUT2D eigenvalue weighted by Crippen LogP contribution is 2.61. The van der Waals surface area contributed by atoms with Crippen molar-refractivity contribution in [1.29, 1.82) is 0 Å². The Kier molecular flexibility index (Phi) is 5.41. The zero-order valence-electron chi connectivity index (χ0n) is 11.3. The Labute approximate surface area is 113 Å². The van der Waals surface area contributed by atoms with Crippen molar-refractivity contribution in [2.75, 3.05) is 27.2 Å². The molecular weight excluding hydrogens is 292 g/mol. The number of piperidine rings is 1. The summed E-state index contributed by atoms with van der Waals surface area (Å²) in [6.07, 6.45) is 2.21. The average molecular weight is 316 g/mol. The summed E-state index contributed by atoms with van der Waals surface area (Å²) in [5.41, 5.74) is 0. The van der Waals surface area contributed by atoms with Crippen LogP contribution in [0.2, 0.25) is 0 Å². The lowest BCUT2D eigenvalue weighted by molar-refractivity contribution is -0.896. The average Bonchev–Trinajstić information content (AvgIpc) is 2.16. The molecule has 1 aliphatic heterocycles. The van der Waals surface area contributed by atoms with Crippen molar-refractivity contribution in [3.8, 4) is 0 Å². The fourth-order valence-electron chi connectivity index (χ4n) is 2.53. The molecule has 7 nitrogen and oxygen atoms in total. The third-order valence-corrected chi connectivity index (χ3v) is 7.77. The van der Waals surface area contributed by atoms with Gasteiger partial charge < -0.3 is 24.1 Å². The monoisotopic (exact) mass is 316 g/mol. The number of rotatable bonds is 5. The summed E-state index contributed by atoms with van der Waals surface area (Å²) in [6, 6.07) is 0. The van der Waals surface area contributed by atoms with Crippen LogP contribution in [0.1, 0.15) is 25.7 Å². The summed E-state index contributed by atoms with van der Waals surface area (Å²) in [5.74, 6) is 0.298. The van der Waals surface area contributed by atoms with E-state index < -0.39 is 20.6 Å². The highest BCUT2D eigenvalue weighted by Gasteiger charge is 2.43. The van der Waals surface area contributed by atoms with Gasteiger partial charge in [0.1, 0.15) is 0 Å². The molecule has 1 saturated heterocycles. The molecule has 0 bridgehead atoms. The lowest BCUT2D eigenvalue weighted by Crippen LogP contribution is -2.46. The fourth-order valence-corrected chi connectivity index (χ4v) is 5.06. The molecule has 0 atom stereocenters. The topological polar surface area (TPSA) is 115 Å². The number of hydrogen-bond donors (Lipinski definition) is 4. The largest absolute Gasteiger partial charge is 0.340 e. The van der Waals surface area contributed by atoms with Crippen molar-refractivity contribution in [2.24, 2.45) is 5.92 Å². The lowest BCUT2D eigenvalue weighted by Gasteiger charge is -2.37. The minimum atomic E-state index is -4.76. The van der Waals surface area contributed by atoms with Gasteiger partial charge in [-0.3, -0.25) is 9.13 Å². The normalized spacial score (nSPS) is 21.8. The van der Waals surface area contributed by atoms with Crippen LogP contribution in [0.25, 0.3) is 0 Å². The maximum absolute atomic E-state index is 11.2. The van der Waals surface area contributed by atoms with Crippen LogP contribution in [0.4, 0.5) is 0 Å². The quantitative estimate of drug-likeness (QED) is 0.443. The van der Waals surface area contributed by atoms with E-state index in [0.717, 1.165) is 30.4 Å². The Balaban J connectivity index is 2.55. The zero-order chi connectivity index (χ0) is 14.9. The van der Waals surface area contributed by atoms with E-state index in [-0.39, 0.29) is 6.42 Å². The number of likely N-dealkylation sites (tertiary alicyclic amines) is 1. The molecule has 0 amide bonds. The minimum absolute atomic E-state index is 0.118. The molecule has 1 heterocycles. The van der Waals surface area contributed by atoms with Gasteiger partial charge in [0, 0.05) is 0 Å². The molecule has 0 aromatic carbocycles. The van der Waals surface area contributed by atoms with Crippen LogP contribution in [-0.2, 0) is 9.13 Å². The van der Waals surface area contributed by atoms with E-state index in [9.17, 15) is 9.13 Å². The molecule has 0 aromatic heterocycles. The third-order valence-electron chi connectivity index (χ3n) is 3.89. The van der Waals surface area contributed by atoms with Crippen LogP contribution < -0.4 is 0 Å². The molecule has 1 fully saturated rings. The summed E-state index contributed by atoms with van der Waals surface area (Å²) in [7, 11) is -5.26. The smallest absolute Gasteiger partial charge is 0.328 e. The fraction of sp³-hybridized carbons (Fsp3) is 1.00. The number of nitrogens with zero attached hydrogens (tertiary/aromatic N) is 1. The predicted molar refractivity (Wildman–Crippen MR) is 71.7 cm³/mol. The first-order valence-electron chi connectivity index (χ1n) is 6.34. The minimum Gasteiger partial charge on any atom is -0.328 e. The molecule has 1 rings (SSSR count). The van der Waals surface area contributed by atoms with Crippen LogP contribution in [0.3, 0.4) is 0 Å². The Morgan fingerprint density at radius 3 is 1.84 bits per heavy atom. The van der Waals surface area contributed by atoms with Gasteiger partial charge in [0.05, 0.1) is 27.2 Å². The third kappa shape index (κ3) is 5.64. The molecule has 0 saturated carbocycles. The standard InChI is InChI=1S/C10H23NO6P2/c1-11(2)7-5-9(6-8-11)3-4-10(18(12,13)14)19(15,16)17/h9-10H,3-8H2,1-2H3,(H3-,12,13,14,15,16,17)/p+1. The Bertz CT molecular complexity index is 369. The molecular formula is C10H24NO6P2+. The SMILES string of the molecule is C[N+]1(C)CCC(CCC(P(=O)(O)O)P(=O)(O)O)CC1. The van der Waals surface area contributed by atoms with Gasteiger partial charge in [-0.2, -0.15) is 0 Å². The molecule has 19 heavy (non-hydrogen) atoms. The second kappa shape index (κ2) is 5.94. The Hall–Kier alpha value is 0.260. The van der Waals surface area contributed by atoms with Gasteiger partial charge in [-0.1, -0.05) is 0 Å². The molecule has 0 radical (unpaired) electrons. The van der Waals surface area contributed by atoms with Gasteiger partial charge >= 0.3 is 15.2 Å². The summed E-state index contributed by atoms with van der Waals surface area (Å²) >= 11 is 0. The highest BCUT2D eigenvalue weighted by molar-refractivity contribution is 7.70. The van der Waals surface area contributed by atoms with Gasteiger partial charge in [0.15, 0.2) is 5.40 Å². The van der Waals surface area contributed by atoms with E-state index in [0.29, 0.717) is 12.3 Å². The molecule has 0 aliphatic carbocycles. The van der Waals surface area contributed by atoms with E-state index in [1.54, 1.807) is 0 Å².